The number of hydrogen-bond donors (Lipinski definition) is 1. The van der Waals surface area contributed by atoms with Gasteiger partial charge in [0.2, 0.25) is 0 Å². The highest BCUT2D eigenvalue weighted by molar-refractivity contribution is 5.36. The zero-order valence-electron chi connectivity index (χ0n) is 9.68. The van der Waals surface area contributed by atoms with E-state index in [1.165, 1.54) is 23.4 Å². The summed E-state index contributed by atoms with van der Waals surface area (Å²) < 4.78 is 15.3. The highest BCUT2D eigenvalue weighted by atomic mass is 19.1. The van der Waals surface area contributed by atoms with Crippen LogP contribution in [0.3, 0.4) is 0 Å². The van der Waals surface area contributed by atoms with Crippen molar-refractivity contribution < 1.29 is 4.39 Å². The van der Waals surface area contributed by atoms with Crippen LogP contribution in [0.1, 0.15) is 24.8 Å². The van der Waals surface area contributed by atoms with Gasteiger partial charge in [-0.25, -0.2) is 14.1 Å². The Balaban J connectivity index is 2.29. The van der Waals surface area contributed by atoms with E-state index < -0.39 is 0 Å². The van der Waals surface area contributed by atoms with Crippen LogP contribution in [-0.4, -0.2) is 21.3 Å². The molecular weight excluding hydrogens is 219 g/mol. The van der Waals surface area contributed by atoms with Crippen molar-refractivity contribution in [3.8, 4) is 5.69 Å². The molecule has 17 heavy (non-hydrogen) atoms. The van der Waals surface area contributed by atoms with Crippen molar-refractivity contribution in [1.29, 1.82) is 0 Å². The Morgan fingerprint density at radius 2 is 2.29 bits per heavy atom. The van der Waals surface area contributed by atoms with Gasteiger partial charge in [-0.15, -0.1) is 0 Å². The van der Waals surface area contributed by atoms with E-state index in [2.05, 4.69) is 10.1 Å². The van der Waals surface area contributed by atoms with Crippen LogP contribution in [0.5, 0.6) is 0 Å². The fraction of sp³-hybridized carbons (Fsp3) is 0.333. The van der Waals surface area contributed by atoms with Gasteiger partial charge in [-0.3, -0.25) is 0 Å². The molecule has 2 N–H and O–H groups in total. The lowest BCUT2D eigenvalue weighted by Crippen LogP contribution is -2.06. The van der Waals surface area contributed by atoms with E-state index in [0.717, 1.165) is 12.0 Å². The molecule has 0 aliphatic carbocycles. The van der Waals surface area contributed by atoms with Crippen molar-refractivity contribution in [2.45, 2.75) is 19.3 Å². The van der Waals surface area contributed by atoms with Crippen LogP contribution in [0.4, 0.5) is 4.39 Å². The fourth-order valence-corrected chi connectivity index (χ4v) is 1.76. The average Bonchev–Trinajstić information content (AvgIpc) is 2.82. The number of nitrogens with zero attached hydrogens (tertiary/aromatic N) is 3. The molecule has 1 heterocycles. The van der Waals surface area contributed by atoms with Crippen molar-refractivity contribution in [2.24, 2.45) is 5.73 Å². The molecule has 0 aliphatic rings. The summed E-state index contributed by atoms with van der Waals surface area (Å²) in [6.45, 7) is 2.64. The van der Waals surface area contributed by atoms with Crippen LogP contribution >= 0.6 is 0 Å². The molecule has 0 spiro atoms. The smallest absolute Gasteiger partial charge is 0.149 e. The Morgan fingerprint density at radius 1 is 1.47 bits per heavy atom. The predicted molar refractivity (Wildman–Crippen MR) is 63.4 cm³/mol. The third-order valence-electron chi connectivity index (χ3n) is 2.81. The number of rotatable bonds is 4. The van der Waals surface area contributed by atoms with E-state index in [1.54, 1.807) is 6.07 Å². The van der Waals surface area contributed by atoms with E-state index in [-0.39, 0.29) is 11.7 Å². The fourth-order valence-electron chi connectivity index (χ4n) is 1.76. The number of hydrogen-bond acceptors (Lipinski definition) is 3. The Kier molecular flexibility index (Phi) is 3.49. The third kappa shape index (κ3) is 2.50. The topological polar surface area (TPSA) is 56.7 Å². The summed E-state index contributed by atoms with van der Waals surface area (Å²) in [6.07, 6.45) is 3.70. The standard InChI is InChI=1S/C12H15FN4/c1-9(4-5-14)10-2-3-12(11(13)6-10)17-8-15-7-16-17/h2-3,6-9H,4-5,14H2,1H3. The second-order valence-corrected chi connectivity index (χ2v) is 4.03. The molecule has 2 aromatic rings. The largest absolute Gasteiger partial charge is 0.330 e. The van der Waals surface area contributed by atoms with Gasteiger partial charge >= 0.3 is 0 Å². The predicted octanol–water partition coefficient (Wildman–Crippen LogP) is 1.86. The van der Waals surface area contributed by atoms with Crippen molar-refractivity contribution in [3.63, 3.8) is 0 Å². The lowest BCUT2D eigenvalue weighted by Gasteiger charge is -2.12. The van der Waals surface area contributed by atoms with Crippen molar-refractivity contribution >= 4 is 0 Å². The van der Waals surface area contributed by atoms with Gasteiger partial charge in [-0.2, -0.15) is 5.10 Å². The van der Waals surface area contributed by atoms with Gasteiger partial charge in [0.05, 0.1) is 0 Å². The molecule has 2 rings (SSSR count). The van der Waals surface area contributed by atoms with E-state index >= 15 is 0 Å². The van der Waals surface area contributed by atoms with Crippen molar-refractivity contribution in [1.82, 2.24) is 14.8 Å². The molecule has 0 saturated heterocycles. The number of halogens is 1. The summed E-state index contributed by atoms with van der Waals surface area (Å²) in [4.78, 5) is 3.80. The van der Waals surface area contributed by atoms with Crippen LogP contribution in [0, 0.1) is 5.82 Å². The van der Waals surface area contributed by atoms with Gasteiger partial charge in [-0.1, -0.05) is 13.0 Å². The van der Waals surface area contributed by atoms with Gasteiger partial charge in [0, 0.05) is 0 Å². The Bertz CT molecular complexity index is 481. The maximum absolute atomic E-state index is 13.9. The molecule has 0 bridgehead atoms. The van der Waals surface area contributed by atoms with Crippen molar-refractivity contribution in [2.75, 3.05) is 6.54 Å². The molecule has 0 aliphatic heterocycles. The van der Waals surface area contributed by atoms with E-state index in [4.69, 9.17) is 5.73 Å². The molecule has 1 aromatic carbocycles. The molecule has 0 fully saturated rings. The van der Waals surface area contributed by atoms with Gasteiger partial charge in [0.15, 0.2) is 0 Å². The quantitative estimate of drug-likeness (QED) is 0.878. The Labute approximate surface area is 99.3 Å². The van der Waals surface area contributed by atoms with Crippen molar-refractivity contribution in [3.05, 3.63) is 42.2 Å². The molecule has 1 aromatic heterocycles. The monoisotopic (exact) mass is 234 g/mol. The second kappa shape index (κ2) is 5.05. The third-order valence-corrected chi connectivity index (χ3v) is 2.81. The van der Waals surface area contributed by atoms with Gasteiger partial charge in [0.25, 0.3) is 0 Å². The summed E-state index contributed by atoms with van der Waals surface area (Å²) >= 11 is 0. The average molecular weight is 234 g/mol. The van der Waals surface area contributed by atoms with E-state index in [0.29, 0.717) is 12.2 Å². The minimum atomic E-state index is -0.295. The first-order valence-corrected chi connectivity index (χ1v) is 5.57. The van der Waals surface area contributed by atoms with Crippen LogP contribution < -0.4 is 5.73 Å². The lowest BCUT2D eigenvalue weighted by atomic mass is 9.97. The summed E-state index contributed by atoms with van der Waals surface area (Å²) in [5, 5.41) is 3.90. The number of nitrogens with two attached hydrogens (primary N) is 1. The first-order chi connectivity index (χ1) is 8.22. The summed E-state index contributed by atoms with van der Waals surface area (Å²) in [7, 11) is 0. The summed E-state index contributed by atoms with van der Waals surface area (Å²) in [5.41, 5.74) is 6.86. The maximum Gasteiger partial charge on any atom is 0.149 e. The SMILES string of the molecule is CC(CCN)c1ccc(-n2cncn2)c(F)c1. The Morgan fingerprint density at radius 3 is 2.88 bits per heavy atom. The molecular formula is C12H15FN4. The molecule has 0 amide bonds. The number of aromatic nitrogens is 3. The minimum absolute atomic E-state index is 0.263. The zero-order chi connectivity index (χ0) is 12.3. The van der Waals surface area contributed by atoms with E-state index in [1.807, 2.05) is 13.0 Å². The van der Waals surface area contributed by atoms with Gasteiger partial charge in [-0.05, 0) is 36.6 Å². The van der Waals surface area contributed by atoms with E-state index in [9.17, 15) is 4.39 Å². The maximum atomic E-state index is 13.9. The molecule has 4 nitrogen and oxygen atoms in total. The lowest BCUT2D eigenvalue weighted by molar-refractivity contribution is 0.601. The first-order valence-electron chi connectivity index (χ1n) is 5.57. The molecule has 5 heteroatoms. The normalized spacial score (nSPS) is 12.6. The molecule has 0 radical (unpaired) electrons. The zero-order valence-corrected chi connectivity index (χ0v) is 9.68. The second-order valence-electron chi connectivity index (χ2n) is 4.03. The van der Waals surface area contributed by atoms with Gasteiger partial charge in [0.1, 0.15) is 24.2 Å². The highest BCUT2D eigenvalue weighted by Crippen LogP contribution is 2.22. The minimum Gasteiger partial charge on any atom is -0.330 e. The number of benzene rings is 1. The summed E-state index contributed by atoms with van der Waals surface area (Å²) in [6, 6.07) is 5.16. The molecule has 0 saturated carbocycles. The van der Waals surface area contributed by atoms with Crippen LogP contribution in [0.2, 0.25) is 0 Å². The Hall–Kier alpha value is -1.75. The highest BCUT2D eigenvalue weighted by Gasteiger charge is 2.10. The molecule has 1 atom stereocenters. The van der Waals surface area contributed by atoms with Crippen LogP contribution in [-0.2, 0) is 0 Å². The summed E-state index contributed by atoms with van der Waals surface area (Å²) in [5.74, 6) is -0.0313. The molecule has 1 unspecified atom stereocenters. The first kappa shape index (κ1) is 11.7. The molecule has 90 valence electrons. The van der Waals surface area contributed by atoms with Crippen LogP contribution in [0.15, 0.2) is 30.9 Å². The van der Waals surface area contributed by atoms with Crippen LogP contribution in [0.25, 0.3) is 5.69 Å². The van der Waals surface area contributed by atoms with Gasteiger partial charge < -0.3 is 5.73 Å².